The van der Waals surface area contributed by atoms with Crippen molar-refractivity contribution in [3.05, 3.63) is 23.8 Å². The summed E-state index contributed by atoms with van der Waals surface area (Å²) < 4.78 is 1.87. The zero-order valence-electron chi connectivity index (χ0n) is 9.08. The van der Waals surface area contributed by atoms with E-state index in [2.05, 4.69) is 20.4 Å². The Hall–Kier alpha value is -1.99. The minimum atomic E-state index is 0.570. The van der Waals surface area contributed by atoms with Crippen molar-refractivity contribution in [1.29, 1.82) is 0 Å². The fraction of sp³-hybridized carbons (Fsp3) is 0.100. The van der Waals surface area contributed by atoms with Crippen molar-refractivity contribution in [1.82, 2.24) is 19.5 Å². The molecular formula is C10H10N6S. The van der Waals surface area contributed by atoms with Gasteiger partial charge in [-0.05, 0) is 11.4 Å². The van der Waals surface area contributed by atoms with Gasteiger partial charge in [-0.2, -0.15) is 0 Å². The van der Waals surface area contributed by atoms with Crippen LogP contribution in [0.5, 0.6) is 0 Å². The van der Waals surface area contributed by atoms with E-state index in [-0.39, 0.29) is 0 Å². The Kier molecular flexibility index (Phi) is 2.27. The maximum atomic E-state index is 5.47. The van der Waals surface area contributed by atoms with Crippen LogP contribution in [0.2, 0.25) is 0 Å². The molecule has 0 aromatic carbocycles. The molecule has 0 radical (unpaired) electrons. The number of hydrazine groups is 1. The van der Waals surface area contributed by atoms with Crippen LogP contribution >= 0.6 is 11.3 Å². The predicted octanol–water partition coefficient (Wildman–Crippen LogP) is 1.38. The van der Waals surface area contributed by atoms with E-state index in [0.29, 0.717) is 11.6 Å². The van der Waals surface area contributed by atoms with Crippen LogP contribution in [0.3, 0.4) is 0 Å². The first kappa shape index (κ1) is 10.2. The summed E-state index contributed by atoms with van der Waals surface area (Å²) >= 11 is 1.55. The molecule has 3 rings (SSSR count). The molecule has 0 saturated carbocycles. The van der Waals surface area contributed by atoms with Gasteiger partial charge in [0.15, 0.2) is 17.5 Å². The first-order valence-corrected chi connectivity index (χ1v) is 5.87. The van der Waals surface area contributed by atoms with Crippen LogP contribution in [0.4, 0.5) is 5.82 Å². The number of nitrogens with two attached hydrogens (primary N) is 1. The van der Waals surface area contributed by atoms with Gasteiger partial charge in [0.25, 0.3) is 0 Å². The number of hydrogen-bond acceptors (Lipinski definition) is 6. The van der Waals surface area contributed by atoms with Crippen molar-refractivity contribution in [2.45, 2.75) is 0 Å². The van der Waals surface area contributed by atoms with E-state index in [1.54, 1.807) is 17.5 Å². The van der Waals surface area contributed by atoms with E-state index < -0.39 is 0 Å². The highest BCUT2D eigenvalue weighted by atomic mass is 32.1. The number of aryl methyl sites for hydroxylation is 1. The van der Waals surface area contributed by atoms with Gasteiger partial charge in [0.1, 0.15) is 4.83 Å². The van der Waals surface area contributed by atoms with E-state index >= 15 is 0 Å². The molecule has 0 aliphatic carbocycles. The maximum absolute atomic E-state index is 5.47. The lowest BCUT2D eigenvalue weighted by molar-refractivity contribution is 0.909. The number of fused-ring (bicyclic) bond motifs is 1. The van der Waals surface area contributed by atoms with E-state index in [9.17, 15) is 0 Å². The maximum Gasteiger partial charge on any atom is 0.199 e. The second kappa shape index (κ2) is 3.79. The largest absolute Gasteiger partial charge is 0.331 e. The lowest BCUT2D eigenvalue weighted by Gasteiger charge is -2.04. The summed E-state index contributed by atoms with van der Waals surface area (Å²) in [5.74, 6) is 7.38. The molecule has 6 nitrogen and oxygen atoms in total. The van der Waals surface area contributed by atoms with Crippen LogP contribution in [0.25, 0.3) is 21.9 Å². The standard InChI is InChI=1S/C10H10N6S/c1-16-4-3-12-9(16)8-13-7(15-11)6-2-5-17-10(6)14-8/h2-5H,11H2,1H3,(H,13,14,15). The molecule has 86 valence electrons. The SMILES string of the molecule is Cn1ccnc1-c1nc(NN)c2ccsc2n1. The van der Waals surface area contributed by atoms with Gasteiger partial charge < -0.3 is 9.99 Å². The van der Waals surface area contributed by atoms with E-state index in [4.69, 9.17) is 5.84 Å². The number of nitrogen functional groups attached to an aromatic ring is 1. The van der Waals surface area contributed by atoms with Gasteiger partial charge in [0, 0.05) is 19.4 Å². The van der Waals surface area contributed by atoms with Gasteiger partial charge in [0.2, 0.25) is 0 Å². The molecule has 3 heterocycles. The number of nitrogens with one attached hydrogen (secondary N) is 1. The molecule has 0 aliphatic heterocycles. The Labute approximate surface area is 101 Å². The summed E-state index contributed by atoms with van der Waals surface area (Å²) in [6.07, 6.45) is 3.57. The highest BCUT2D eigenvalue weighted by Gasteiger charge is 2.12. The zero-order valence-corrected chi connectivity index (χ0v) is 9.90. The topological polar surface area (TPSA) is 81.7 Å². The fourth-order valence-electron chi connectivity index (χ4n) is 1.65. The normalized spacial score (nSPS) is 10.9. The molecular weight excluding hydrogens is 236 g/mol. The fourth-order valence-corrected chi connectivity index (χ4v) is 2.41. The molecule has 0 fully saturated rings. The number of aromatic nitrogens is 4. The summed E-state index contributed by atoms with van der Waals surface area (Å²) in [7, 11) is 1.90. The van der Waals surface area contributed by atoms with Gasteiger partial charge in [-0.1, -0.05) is 0 Å². The summed E-state index contributed by atoms with van der Waals surface area (Å²) in [4.78, 5) is 14.0. The molecule has 0 amide bonds. The summed E-state index contributed by atoms with van der Waals surface area (Å²) in [5.41, 5.74) is 2.60. The molecule has 3 N–H and O–H groups in total. The van der Waals surface area contributed by atoms with Crippen LogP contribution in [0, 0.1) is 0 Å². The van der Waals surface area contributed by atoms with Crippen LogP contribution in [-0.4, -0.2) is 19.5 Å². The third-order valence-electron chi connectivity index (χ3n) is 2.48. The Balaban J connectivity index is 2.27. The van der Waals surface area contributed by atoms with Gasteiger partial charge in [-0.25, -0.2) is 20.8 Å². The first-order valence-electron chi connectivity index (χ1n) is 4.99. The number of rotatable bonds is 2. The van der Waals surface area contributed by atoms with Gasteiger partial charge in [-0.3, -0.25) is 0 Å². The van der Waals surface area contributed by atoms with E-state index in [1.807, 2.05) is 29.3 Å². The Morgan fingerprint density at radius 3 is 3.00 bits per heavy atom. The molecule has 0 bridgehead atoms. The predicted molar refractivity (Wildman–Crippen MR) is 67.4 cm³/mol. The third kappa shape index (κ3) is 1.56. The van der Waals surface area contributed by atoms with Crippen molar-refractivity contribution in [2.75, 3.05) is 5.43 Å². The Morgan fingerprint density at radius 1 is 1.41 bits per heavy atom. The number of hydrogen-bond donors (Lipinski definition) is 2. The average molecular weight is 246 g/mol. The highest BCUT2D eigenvalue weighted by molar-refractivity contribution is 7.16. The lowest BCUT2D eigenvalue weighted by Crippen LogP contribution is -2.10. The second-order valence-electron chi connectivity index (χ2n) is 3.54. The molecule has 3 aromatic heterocycles. The zero-order chi connectivity index (χ0) is 11.8. The Morgan fingerprint density at radius 2 is 2.29 bits per heavy atom. The smallest absolute Gasteiger partial charge is 0.199 e. The molecule has 7 heteroatoms. The second-order valence-corrected chi connectivity index (χ2v) is 4.44. The summed E-state index contributed by atoms with van der Waals surface area (Å²) in [5, 5.41) is 2.89. The van der Waals surface area contributed by atoms with Crippen LogP contribution in [0.15, 0.2) is 23.8 Å². The van der Waals surface area contributed by atoms with E-state index in [0.717, 1.165) is 16.0 Å². The quantitative estimate of drug-likeness (QED) is 0.527. The van der Waals surface area contributed by atoms with Crippen LogP contribution in [0.1, 0.15) is 0 Å². The molecule has 0 atom stereocenters. The van der Waals surface area contributed by atoms with E-state index in [1.165, 1.54) is 0 Å². The summed E-state index contributed by atoms with van der Waals surface area (Å²) in [6.45, 7) is 0. The molecule has 0 spiro atoms. The van der Waals surface area contributed by atoms with Crippen molar-refractivity contribution in [3.8, 4) is 11.6 Å². The van der Waals surface area contributed by atoms with Gasteiger partial charge in [0.05, 0.1) is 5.39 Å². The third-order valence-corrected chi connectivity index (χ3v) is 3.29. The van der Waals surface area contributed by atoms with Crippen molar-refractivity contribution >= 4 is 27.4 Å². The lowest BCUT2D eigenvalue weighted by atomic mass is 10.3. The van der Waals surface area contributed by atoms with Crippen LogP contribution < -0.4 is 11.3 Å². The number of imidazole rings is 1. The number of thiophene rings is 1. The molecule has 0 aliphatic rings. The van der Waals surface area contributed by atoms with Gasteiger partial charge in [-0.15, -0.1) is 11.3 Å². The molecule has 17 heavy (non-hydrogen) atoms. The number of nitrogens with zero attached hydrogens (tertiary/aromatic N) is 4. The minimum absolute atomic E-state index is 0.570. The van der Waals surface area contributed by atoms with Gasteiger partial charge >= 0.3 is 0 Å². The molecule has 0 unspecified atom stereocenters. The monoisotopic (exact) mass is 246 g/mol. The average Bonchev–Trinajstić information content (AvgIpc) is 2.95. The molecule has 0 saturated heterocycles. The van der Waals surface area contributed by atoms with Crippen molar-refractivity contribution in [2.24, 2.45) is 12.9 Å². The Bertz CT molecular complexity index is 670. The van der Waals surface area contributed by atoms with Crippen molar-refractivity contribution < 1.29 is 0 Å². The van der Waals surface area contributed by atoms with Crippen LogP contribution in [-0.2, 0) is 7.05 Å². The summed E-state index contributed by atoms with van der Waals surface area (Å²) in [6, 6.07) is 1.94. The number of anilines is 1. The van der Waals surface area contributed by atoms with Crippen molar-refractivity contribution in [3.63, 3.8) is 0 Å². The minimum Gasteiger partial charge on any atom is -0.331 e. The first-order chi connectivity index (χ1) is 8.29. The highest BCUT2D eigenvalue weighted by Crippen LogP contribution is 2.27. The molecule has 3 aromatic rings.